The first-order valence-electron chi connectivity index (χ1n) is 7.52. The van der Waals surface area contributed by atoms with Crippen LogP contribution in [0.1, 0.15) is 0 Å². The van der Waals surface area contributed by atoms with Gasteiger partial charge in [-0.05, 0) is 24.3 Å². The van der Waals surface area contributed by atoms with E-state index in [-0.39, 0.29) is 5.56 Å². The molecule has 0 spiro atoms. The Morgan fingerprint density at radius 3 is 3.08 bits per heavy atom. The highest BCUT2D eigenvalue weighted by Gasteiger charge is 2.08. The Morgan fingerprint density at radius 1 is 1.33 bits per heavy atom. The summed E-state index contributed by atoms with van der Waals surface area (Å²) < 4.78 is 3.71. The van der Waals surface area contributed by atoms with Crippen molar-refractivity contribution in [3.05, 3.63) is 52.0 Å². The van der Waals surface area contributed by atoms with Gasteiger partial charge in [0.2, 0.25) is 5.95 Å². The van der Waals surface area contributed by atoms with E-state index in [0.29, 0.717) is 23.5 Å². The SMILES string of the molecule is Cn1ncc2c(=O)[nH]c(NCCn3ccc4cc(Cl)ccc43)nc21. The summed E-state index contributed by atoms with van der Waals surface area (Å²) in [6.07, 6.45) is 3.53. The minimum Gasteiger partial charge on any atom is -0.354 e. The summed E-state index contributed by atoms with van der Waals surface area (Å²) in [5, 5.41) is 9.52. The number of aryl methyl sites for hydroxylation is 1. The first-order valence-corrected chi connectivity index (χ1v) is 7.90. The van der Waals surface area contributed by atoms with E-state index in [9.17, 15) is 4.79 Å². The number of aromatic nitrogens is 5. The third-order valence-electron chi connectivity index (χ3n) is 3.98. The van der Waals surface area contributed by atoms with E-state index in [1.54, 1.807) is 11.7 Å². The van der Waals surface area contributed by atoms with Gasteiger partial charge in [-0.3, -0.25) is 14.5 Å². The largest absolute Gasteiger partial charge is 0.354 e. The van der Waals surface area contributed by atoms with Gasteiger partial charge in [-0.1, -0.05) is 11.6 Å². The monoisotopic (exact) mass is 342 g/mol. The predicted octanol–water partition coefficient (Wildman–Crippen LogP) is 2.38. The second-order valence-corrected chi connectivity index (χ2v) is 6.00. The standard InChI is InChI=1S/C16H15ClN6O/c1-22-14-12(9-19-22)15(24)21-16(20-14)18-5-7-23-6-4-10-8-11(17)2-3-13(10)23/h2-4,6,8-9H,5,7H2,1H3,(H2,18,20,21,24). The van der Waals surface area contributed by atoms with Gasteiger partial charge in [-0.25, -0.2) is 0 Å². The predicted molar refractivity (Wildman–Crippen MR) is 94.6 cm³/mol. The molecule has 3 heterocycles. The fourth-order valence-corrected chi connectivity index (χ4v) is 2.96. The highest BCUT2D eigenvalue weighted by Crippen LogP contribution is 2.20. The lowest BCUT2D eigenvalue weighted by Crippen LogP contribution is -2.16. The molecule has 0 fully saturated rings. The Balaban J connectivity index is 1.52. The van der Waals surface area contributed by atoms with E-state index < -0.39 is 0 Å². The molecule has 122 valence electrons. The smallest absolute Gasteiger partial charge is 0.263 e. The number of nitrogens with one attached hydrogen (secondary N) is 2. The average molecular weight is 343 g/mol. The second-order valence-electron chi connectivity index (χ2n) is 5.56. The maximum Gasteiger partial charge on any atom is 0.263 e. The number of nitrogens with zero attached hydrogens (tertiary/aromatic N) is 4. The lowest BCUT2D eigenvalue weighted by atomic mass is 10.2. The van der Waals surface area contributed by atoms with Crippen LogP contribution in [0.2, 0.25) is 5.02 Å². The molecule has 7 nitrogen and oxygen atoms in total. The van der Waals surface area contributed by atoms with Crippen molar-refractivity contribution in [2.75, 3.05) is 11.9 Å². The van der Waals surface area contributed by atoms with Crippen molar-refractivity contribution in [3.8, 4) is 0 Å². The van der Waals surface area contributed by atoms with E-state index in [2.05, 4.69) is 25.0 Å². The number of fused-ring (bicyclic) bond motifs is 2. The summed E-state index contributed by atoms with van der Waals surface area (Å²) in [6, 6.07) is 7.85. The zero-order valence-corrected chi connectivity index (χ0v) is 13.7. The van der Waals surface area contributed by atoms with Gasteiger partial charge < -0.3 is 9.88 Å². The van der Waals surface area contributed by atoms with Crippen LogP contribution >= 0.6 is 11.6 Å². The van der Waals surface area contributed by atoms with E-state index in [0.717, 1.165) is 22.5 Å². The van der Waals surface area contributed by atoms with Gasteiger partial charge in [0.25, 0.3) is 5.56 Å². The van der Waals surface area contributed by atoms with Crippen LogP contribution in [0.5, 0.6) is 0 Å². The number of aromatic amines is 1. The molecule has 4 rings (SSSR count). The van der Waals surface area contributed by atoms with Crippen molar-refractivity contribution in [2.24, 2.45) is 7.05 Å². The van der Waals surface area contributed by atoms with Crippen LogP contribution in [-0.4, -0.2) is 30.9 Å². The summed E-state index contributed by atoms with van der Waals surface area (Å²) in [5.41, 5.74) is 1.48. The van der Waals surface area contributed by atoms with Crippen LogP contribution in [-0.2, 0) is 13.6 Å². The van der Waals surface area contributed by atoms with Crippen LogP contribution in [0.25, 0.3) is 21.9 Å². The van der Waals surface area contributed by atoms with Crippen LogP contribution in [0.15, 0.2) is 41.5 Å². The molecule has 0 bridgehead atoms. The zero-order valence-electron chi connectivity index (χ0n) is 13.0. The van der Waals surface area contributed by atoms with E-state index in [4.69, 9.17) is 11.6 Å². The third kappa shape index (κ3) is 2.52. The Labute approximate surface area is 141 Å². The Bertz CT molecular complexity index is 1090. The Kier molecular flexibility index (Phi) is 3.50. The fraction of sp³-hybridized carbons (Fsp3) is 0.188. The lowest BCUT2D eigenvalue weighted by molar-refractivity contribution is 0.750. The minimum absolute atomic E-state index is 0.198. The molecule has 8 heteroatoms. The van der Waals surface area contributed by atoms with Crippen molar-refractivity contribution >= 4 is 39.5 Å². The van der Waals surface area contributed by atoms with Crippen molar-refractivity contribution in [3.63, 3.8) is 0 Å². The first-order chi connectivity index (χ1) is 11.6. The highest BCUT2D eigenvalue weighted by atomic mass is 35.5. The topological polar surface area (TPSA) is 80.5 Å². The molecule has 4 aromatic rings. The third-order valence-corrected chi connectivity index (χ3v) is 4.22. The van der Waals surface area contributed by atoms with Gasteiger partial charge >= 0.3 is 0 Å². The highest BCUT2D eigenvalue weighted by molar-refractivity contribution is 6.31. The number of rotatable bonds is 4. The fourth-order valence-electron chi connectivity index (χ4n) is 2.78. The molecule has 0 unspecified atom stereocenters. The van der Waals surface area contributed by atoms with Crippen molar-refractivity contribution in [2.45, 2.75) is 6.54 Å². The van der Waals surface area contributed by atoms with E-state index in [1.165, 1.54) is 6.20 Å². The summed E-state index contributed by atoms with van der Waals surface area (Å²) in [4.78, 5) is 19.1. The molecule has 0 aliphatic rings. The number of H-pyrrole nitrogens is 1. The molecule has 1 aromatic carbocycles. The molecule has 0 saturated heterocycles. The van der Waals surface area contributed by atoms with E-state index >= 15 is 0 Å². The molecular formula is C16H15ClN6O. The number of hydrogen-bond donors (Lipinski definition) is 2. The Morgan fingerprint density at radius 2 is 2.21 bits per heavy atom. The normalized spacial score (nSPS) is 11.4. The molecule has 24 heavy (non-hydrogen) atoms. The van der Waals surface area contributed by atoms with Gasteiger partial charge in [-0.2, -0.15) is 10.1 Å². The molecule has 0 radical (unpaired) electrons. The summed E-state index contributed by atoms with van der Waals surface area (Å²) >= 11 is 6.01. The van der Waals surface area contributed by atoms with E-state index in [1.807, 2.05) is 30.5 Å². The first kappa shape index (κ1) is 14.8. The molecule has 0 atom stereocenters. The van der Waals surface area contributed by atoms with Gasteiger partial charge in [0.15, 0.2) is 5.65 Å². The van der Waals surface area contributed by atoms with Crippen LogP contribution in [0.4, 0.5) is 5.95 Å². The van der Waals surface area contributed by atoms with Gasteiger partial charge in [0, 0.05) is 42.3 Å². The lowest BCUT2D eigenvalue weighted by Gasteiger charge is -2.08. The number of benzene rings is 1. The maximum atomic E-state index is 12.0. The maximum absolute atomic E-state index is 12.0. The van der Waals surface area contributed by atoms with Gasteiger partial charge in [-0.15, -0.1) is 0 Å². The number of hydrogen-bond acceptors (Lipinski definition) is 4. The van der Waals surface area contributed by atoms with Gasteiger partial charge in [0.1, 0.15) is 5.39 Å². The average Bonchev–Trinajstić information content (AvgIpc) is 3.12. The van der Waals surface area contributed by atoms with Gasteiger partial charge in [0.05, 0.1) is 6.20 Å². The number of halogens is 1. The summed E-state index contributed by atoms with van der Waals surface area (Å²) in [6.45, 7) is 1.36. The van der Waals surface area contributed by atoms with Crippen LogP contribution < -0.4 is 10.9 Å². The molecule has 0 aliphatic heterocycles. The zero-order chi connectivity index (χ0) is 16.7. The molecule has 0 saturated carbocycles. The summed E-state index contributed by atoms with van der Waals surface area (Å²) in [5.74, 6) is 0.440. The van der Waals surface area contributed by atoms with Crippen molar-refractivity contribution < 1.29 is 0 Å². The Hall–Kier alpha value is -2.80. The van der Waals surface area contributed by atoms with Crippen LogP contribution in [0.3, 0.4) is 0 Å². The molecule has 3 aromatic heterocycles. The van der Waals surface area contributed by atoms with Crippen LogP contribution in [0, 0.1) is 0 Å². The summed E-state index contributed by atoms with van der Waals surface area (Å²) in [7, 11) is 1.76. The minimum atomic E-state index is -0.198. The van der Waals surface area contributed by atoms with Crippen molar-refractivity contribution in [1.29, 1.82) is 0 Å². The molecule has 2 N–H and O–H groups in total. The molecule has 0 amide bonds. The number of anilines is 1. The molecule has 0 aliphatic carbocycles. The molecular weight excluding hydrogens is 328 g/mol. The quantitative estimate of drug-likeness (QED) is 0.596. The van der Waals surface area contributed by atoms with Crippen molar-refractivity contribution in [1.82, 2.24) is 24.3 Å². The second kappa shape index (κ2) is 5.68.